The van der Waals surface area contributed by atoms with Crippen LogP contribution in [-0.2, 0) is 17.8 Å². The van der Waals surface area contributed by atoms with Crippen molar-refractivity contribution in [2.75, 3.05) is 13.7 Å². The number of carboxylic acids is 1. The number of rotatable bonds is 9. The van der Waals surface area contributed by atoms with Crippen molar-refractivity contribution >= 4 is 11.9 Å². The minimum absolute atomic E-state index is 0.121. The van der Waals surface area contributed by atoms with Crippen molar-refractivity contribution in [3.05, 3.63) is 59.2 Å². The van der Waals surface area contributed by atoms with Crippen LogP contribution in [-0.4, -0.2) is 30.7 Å². The molecule has 0 fully saturated rings. The average molecular weight is 357 g/mol. The summed E-state index contributed by atoms with van der Waals surface area (Å²) < 4.78 is 10.9. The molecule has 0 aliphatic heterocycles. The van der Waals surface area contributed by atoms with Crippen LogP contribution < -0.4 is 14.8 Å². The fourth-order valence-corrected chi connectivity index (χ4v) is 2.42. The van der Waals surface area contributed by atoms with Crippen LogP contribution in [0.25, 0.3) is 0 Å². The van der Waals surface area contributed by atoms with Gasteiger partial charge in [-0.15, -0.1) is 0 Å². The zero-order chi connectivity index (χ0) is 18.9. The number of methoxy groups -OCH3 is 1. The van der Waals surface area contributed by atoms with E-state index in [4.69, 9.17) is 14.6 Å². The molecule has 0 heterocycles. The first-order chi connectivity index (χ1) is 12.5. The van der Waals surface area contributed by atoms with Gasteiger partial charge in [-0.1, -0.05) is 25.1 Å². The number of benzene rings is 2. The molecular weight excluding hydrogens is 334 g/mol. The van der Waals surface area contributed by atoms with Crippen molar-refractivity contribution < 1.29 is 24.2 Å². The van der Waals surface area contributed by atoms with Crippen molar-refractivity contribution in [2.45, 2.75) is 26.3 Å². The number of carbonyl (C=O) groups is 2. The molecule has 0 saturated heterocycles. The highest BCUT2D eigenvalue weighted by Crippen LogP contribution is 2.28. The van der Waals surface area contributed by atoms with Gasteiger partial charge in [0.05, 0.1) is 25.7 Å². The molecule has 138 valence electrons. The maximum Gasteiger partial charge on any atom is 0.335 e. The molecule has 0 atom stereocenters. The minimum Gasteiger partial charge on any atom is -0.493 e. The molecule has 0 spiro atoms. The van der Waals surface area contributed by atoms with E-state index in [-0.39, 0.29) is 17.9 Å². The second-order valence-corrected chi connectivity index (χ2v) is 5.79. The molecule has 0 unspecified atom stereocenters. The largest absolute Gasteiger partial charge is 0.493 e. The van der Waals surface area contributed by atoms with E-state index in [1.807, 2.05) is 25.1 Å². The summed E-state index contributed by atoms with van der Waals surface area (Å²) in [6.45, 7) is 2.99. The highest BCUT2D eigenvalue weighted by molar-refractivity contribution is 5.88. The Morgan fingerprint density at radius 2 is 1.88 bits per heavy atom. The Balaban J connectivity index is 1.94. The van der Waals surface area contributed by atoms with Crippen LogP contribution in [0.1, 0.15) is 34.8 Å². The lowest BCUT2D eigenvalue weighted by molar-refractivity contribution is -0.120. The molecule has 1 amide bonds. The van der Waals surface area contributed by atoms with E-state index in [9.17, 15) is 9.59 Å². The first kappa shape index (κ1) is 19.3. The Hall–Kier alpha value is -3.02. The second kappa shape index (κ2) is 9.46. The van der Waals surface area contributed by atoms with Gasteiger partial charge in [-0.25, -0.2) is 4.79 Å². The lowest BCUT2D eigenvalue weighted by Gasteiger charge is -2.12. The van der Waals surface area contributed by atoms with Crippen LogP contribution in [0.3, 0.4) is 0 Å². The SMILES string of the molecule is CCCOc1ccc(CNC(=O)Cc2cccc(C(=O)O)c2)cc1OC. The first-order valence-electron chi connectivity index (χ1n) is 8.42. The van der Waals surface area contributed by atoms with Crippen LogP contribution >= 0.6 is 0 Å². The van der Waals surface area contributed by atoms with Gasteiger partial charge in [0.15, 0.2) is 11.5 Å². The number of carbonyl (C=O) groups excluding carboxylic acids is 1. The third-order valence-electron chi connectivity index (χ3n) is 3.72. The summed E-state index contributed by atoms with van der Waals surface area (Å²) in [7, 11) is 1.58. The zero-order valence-electron chi connectivity index (χ0n) is 15.0. The van der Waals surface area contributed by atoms with Gasteiger partial charge in [-0.2, -0.15) is 0 Å². The van der Waals surface area contributed by atoms with Crippen LogP contribution in [0.4, 0.5) is 0 Å². The lowest BCUT2D eigenvalue weighted by atomic mass is 10.1. The van der Waals surface area contributed by atoms with Gasteiger partial charge in [0.2, 0.25) is 5.91 Å². The Morgan fingerprint density at radius 1 is 1.08 bits per heavy atom. The highest BCUT2D eigenvalue weighted by atomic mass is 16.5. The Labute approximate surface area is 152 Å². The van der Waals surface area contributed by atoms with Gasteiger partial charge in [-0.05, 0) is 41.8 Å². The number of amides is 1. The predicted molar refractivity (Wildman–Crippen MR) is 97.7 cm³/mol. The average Bonchev–Trinajstić information content (AvgIpc) is 2.65. The summed E-state index contributed by atoms with van der Waals surface area (Å²) in [6.07, 6.45) is 1.03. The van der Waals surface area contributed by atoms with E-state index in [0.29, 0.717) is 30.2 Å². The van der Waals surface area contributed by atoms with E-state index in [1.54, 1.807) is 19.2 Å². The molecule has 26 heavy (non-hydrogen) atoms. The van der Waals surface area contributed by atoms with Crippen LogP contribution in [0.15, 0.2) is 42.5 Å². The number of carboxylic acid groups (broad SMARTS) is 1. The second-order valence-electron chi connectivity index (χ2n) is 5.79. The standard InChI is InChI=1S/C20H23NO5/c1-3-9-26-17-8-7-15(11-18(17)25-2)13-21-19(22)12-14-5-4-6-16(10-14)20(23)24/h4-8,10-11H,3,9,12-13H2,1-2H3,(H,21,22)(H,23,24). The quantitative estimate of drug-likeness (QED) is 0.720. The molecule has 0 bridgehead atoms. The topological polar surface area (TPSA) is 84.9 Å². The van der Waals surface area contributed by atoms with Crippen LogP contribution in [0.2, 0.25) is 0 Å². The fraction of sp³-hybridized carbons (Fsp3) is 0.300. The number of aromatic carboxylic acids is 1. The van der Waals surface area contributed by atoms with Gasteiger partial charge in [0.1, 0.15) is 0 Å². The van der Waals surface area contributed by atoms with Crippen LogP contribution in [0, 0.1) is 0 Å². The van der Waals surface area contributed by atoms with Gasteiger partial charge in [0.25, 0.3) is 0 Å². The van der Waals surface area contributed by atoms with Gasteiger partial charge in [-0.3, -0.25) is 4.79 Å². The van der Waals surface area contributed by atoms with Crippen LogP contribution in [0.5, 0.6) is 11.5 Å². The molecule has 0 aromatic heterocycles. The van der Waals surface area contributed by atoms with E-state index >= 15 is 0 Å². The third-order valence-corrected chi connectivity index (χ3v) is 3.72. The van der Waals surface area contributed by atoms with Crippen molar-refractivity contribution in [2.24, 2.45) is 0 Å². The molecule has 2 aromatic carbocycles. The third kappa shape index (κ3) is 5.51. The Bertz CT molecular complexity index is 773. The maximum absolute atomic E-state index is 12.1. The van der Waals surface area contributed by atoms with E-state index in [1.165, 1.54) is 12.1 Å². The highest BCUT2D eigenvalue weighted by Gasteiger charge is 2.09. The molecule has 0 radical (unpaired) electrons. The molecule has 2 rings (SSSR count). The van der Waals surface area contributed by atoms with Crippen molar-refractivity contribution in [3.8, 4) is 11.5 Å². The molecule has 2 N–H and O–H groups in total. The summed E-state index contributed by atoms with van der Waals surface area (Å²) in [6, 6.07) is 11.9. The van der Waals surface area contributed by atoms with E-state index < -0.39 is 5.97 Å². The smallest absolute Gasteiger partial charge is 0.335 e. The van der Waals surface area contributed by atoms with Crippen molar-refractivity contribution in [3.63, 3.8) is 0 Å². The molecular formula is C20H23NO5. The normalized spacial score (nSPS) is 10.2. The Morgan fingerprint density at radius 3 is 2.58 bits per heavy atom. The predicted octanol–water partition coefficient (Wildman–Crippen LogP) is 3.04. The molecule has 0 saturated carbocycles. The minimum atomic E-state index is -1.01. The summed E-state index contributed by atoms with van der Waals surface area (Å²) in [4.78, 5) is 23.1. The Kier molecular flexibility index (Phi) is 7.02. The van der Waals surface area contributed by atoms with Gasteiger partial charge in [0, 0.05) is 6.54 Å². The summed E-state index contributed by atoms with van der Waals surface area (Å²) in [5, 5.41) is 11.8. The summed E-state index contributed by atoms with van der Waals surface area (Å²) in [5.74, 6) is 0.108. The van der Waals surface area contributed by atoms with Gasteiger partial charge < -0.3 is 19.9 Å². The monoisotopic (exact) mass is 357 g/mol. The maximum atomic E-state index is 12.1. The molecule has 2 aromatic rings. The molecule has 6 nitrogen and oxygen atoms in total. The first-order valence-corrected chi connectivity index (χ1v) is 8.42. The molecule has 0 aliphatic carbocycles. The number of hydrogen-bond donors (Lipinski definition) is 2. The molecule has 6 heteroatoms. The lowest BCUT2D eigenvalue weighted by Crippen LogP contribution is -2.24. The van der Waals surface area contributed by atoms with Gasteiger partial charge >= 0.3 is 5.97 Å². The summed E-state index contributed by atoms with van der Waals surface area (Å²) >= 11 is 0. The number of ether oxygens (including phenoxy) is 2. The number of hydrogen-bond acceptors (Lipinski definition) is 4. The van der Waals surface area contributed by atoms with Crippen molar-refractivity contribution in [1.29, 1.82) is 0 Å². The van der Waals surface area contributed by atoms with Crippen molar-refractivity contribution in [1.82, 2.24) is 5.32 Å². The fourth-order valence-electron chi connectivity index (χ4n) is 2.42. The van der Waals surface area contributed by atoms with E-state index in [2.05, 4.69) is 5.32 Å². The zero-order valence-corrected chi connectivity index (χ0v) is 15.0. The van der Waals surface area contributed by atoms with E-state index in [0.717, 1.165) is 12.0 Å². The molecule has 0 aliphatic rings. The number of nitrogens with one attached hydrogen (secondary N) is 1. The summed E-state index contributed by atoms with van der Waals surface area (Å²) in [5.41, 5.74) is 1.71.